The molecule has 7 heteroatoms. The minimum absolute atomic E-state index is 0.0575. The fourth-order valence-corrected chi connectivity index (χ4v) is 3.13. The number of fused-ring (bicyclic) bond motifs is 1. The Hall–Kier alpha value is -2.12. The fourth-order valence-electron chi connectivity index (χ4n) is 3.13. The molecule has 1 aromatic carbocycles. The Morgan fingerprint density at radius 1 is 1.36 bits per heavy atom. The number of likely N-dealkylation sites (N-methyl/N-ethyl adjacent to an activating group) is 1. The van der Waals surface area contributed by atoms with Crippen molar-refractivity contribution in [1.29, 1.82) is 0 Å². The van der Waals surface area contributed by atoms with Crippen LogP contribution >= 0.6 is 0 Å². The van der Waals surface area contributed by atoms with E-state index in [-0.39, 0.29) is 24.1 Å². The van der Waals surface area contributed by atoms with Gasteiger partial charge < -0.3 is 20.7 Å². The number of nitrogens with two attached hydrogens (primary N) is 1. The third-order valence-corrected chi connectivity index (χ3v) is 4.19. The van der Waals surface area contributed by atoms with Crippen LogP contribution in [0.5, 0.6) is 0 Å². The molecule has 0 bridgehead atoms. The molecule has 0 aromatic heterocycles. The Bertz CT molecular complexity index is 647. The van der Waals surface area contributed by atoms with Gasteiger partial charge >= 0.3 is 6.09 Å². The number of anilines is 2. The van der Waals surface area contributed by atoms with Crippen LogP contribution < -0.4 is 20.9 Å². The molecule has 0 fully saturated rings. The smallest absolute Gasteiger partial charge is 0.414 e. The molecule has 1 unspecified atom stereocenters. The highest BCUT2D eigenvalue weighted by atomic mass is 16.6. The van der Waals surface area contributed by atoms with E-state index in [1.54, 1.807) is 9.80 Å². The Labute approximate surface area is 149 Å². The summed E-state index contributed by atoms with van der Waals surface area (Å²) in [6.45, 7) is 8.06. The number of hydrogen-bond donors (Lipinski definition) is 2. The predicted octanol–water partition coefficient (Wildman–Crippen LogP) is 2.01. The second-order valence-electron chi connectivity index (χ2n) is 6.69. The number of amides is 2. The molecule has 3 N–H and O–H groups in total. The van der Waals surface area contributed by atoms with Gasteiger partial charge in [0.25, 0.3) is 0 Å². The molecule has 0 spiro atoms. The van der Waals surface area contributed by atoms with Gasteiger partial charge in [0.2, 0.25) is 5.91 Å². The summed E-state index contributed by atoms with van der Waals surface area (Å²) in [7, 11) is 1.84. The number of rotatable bonds is 4. The van der Waals surface area contributed by atoms with Crippen molar-refractivity contribution in [2.24, 2.45) is 5.73 Å². The summed E-state index contributed by atoms with van der Waals surface area (Å²) >= 11 is 0. The molecule has 7 nitrogen and oxygen atoms in total. The number of nitrogens with zero attached hydrogens (tertiary/aromatic N) is 2. The van der Waals surface area contributed by atoms with Gasteiger partial charge in [-0.25, -0.2) is 4.79 Å². The van der Waals surface area contributed by atoms with Gasteiger partial charge in [-0.15, -0.1) is 0 Å². The third kappa shape index (κ3) is 4.11. The molecule has 1 aliphatic rings. The van der Waals surface area contributed by atoms with E-state index >= 15 is 0 Å². The Morgan fingerprint density at radius 2 is 2.04 bits per heavy atom. The number of benzene rings is 1. The minimum atomic E-state index is -0.411. The van der Waals surface area contributed by atoms with Crippen LogP contribution in [-0.2, 0) is 9.53 Å². The standard InChI is InChI=1S/C18H28N4O3/c1-11(2)25-18(24)21-10-12(3)22(13(4)23)16-7-6-14(8-17(16)21)15(19)9-20-5/h6-8,11-12,15,20H,9-10,19H2,1-5H3/t12-,15?/m0/s1. The van der Waals surface area contributed by atoms with E-state index in [0.29, 0.717) is 24.5 Å². The van der Waals surface area contributed by atoms with Crippen LogP contribution in [0.3, 0.4) is 0 Å². The lowest BCUT2D eigenvalue weighted by atomic mass is 10.0. The lowest BCUT2D eigenvalue weighted by molar-refractivity contribution is -0.117. The molecule has 1 aliphatic heterocycles. The van der Waals surface area contributed by atoms with Crippen molar-refractivity contribution in [3.63, 3.8) is 0 Å². The largest absolute Gasteiger partial charge is 0.446 e. The monoisotopic (exact) mass is 348 g/mol. The third-order valence-electron chi connectivity index (χ3n) is 4.19. The average Bonchev–Trinajstić information content (AvgIpc) is 2.52. The Morgan fingerprint density at radius 3 is 2.60 bits per heavy atom. The van der Waals surface area contributed by atoms with Gasteiger partial charge in [0.1, 0.15) is 0 Å². The molecule has 0 aliphatic carbocycles. The first-order valence-electron chi connectivity index (χ1n) is 8.58. The van der Waals surface area contributed by atoms with Crippen molar-refractivity contribution in [1.82, 2.24) is 5.32 Å². The quantitative estimate of drug-likeness (QED) is 0.869. The highest BCUT2D eigenvalue weighted by Gasteiger charge is 2.35. The molecule has 2 atom stereocenters. The molecular weight excluding hydrogens is 320 g/mol. The van der Waals surface area contributed by atoms with Crippen LogP contribution in [0, 0.1) is 0 Å². The summed E-state index contributed by atoms with van der Waals surface area (Å²) in [5.41, 5.74) is 8.44. The van der Waals surface area contributed by atoms with Gasteiger partial charge in [-0.3, -0.25) is 9.69 Å². The van der Waals surface area contributed by atoms with Crippen molar-refractivity contribution < 1.29 is 14.3 Å². The molecule has 1 heterocycles. The highest BCUT2D eigenvalue weighted by Crippen LogP contribution is 2.37. The molecule has 2 rings (SSSR count). The maximum atomic E-state index is 12.6. The zero-order chi connectivity index (χ0) is 18.7. The number of carbonyl (C=O) groups excluding carboxylic acids is 2. The second kappa shape index (κ2) is 7.84. The SMILES string of the molecule is CNCC(N)c1ccc2c(c1)N(C(=O)OC(C)C)C[C@H](C)N2C(C)=O. The zero-order valence-electron chi connectivity index (χ0n) is 15.6. The van der Waals surface area contributed by atoms with E-state index in [1.807, 2.05) is 46.0 Å². The Balaban J connectivity index is 2.49. The fraction of sp³-hybridized carbons (Fsp3) is 0.556. The summed E-state index contributed by atoms with van der Waals surface area (Å²) in [5.74, 6) is -0.0575. The van der Waals surface area contributed by atoms with E-state index in [1.165, 1.54) is 6.92 Å². The maximum Gasteiger partial charge on any atom is 0.414 e. The maximum absolute atomic E-state index is 12.6. The topological polar surface area (TPSA) is 87.9 Å². The molecule has 25 heavy (non-hydrogen) atoms. The number of ether oxygens (including phenoxy) is 1. The van der Waals surface area contributed by atoms with Crippen LogP contribution in [0.1, 0.15) is 39.3 Å². The molecule has 1 aromatic rings. The first-order chi connectivity index (χ1) is 11.8. The first-order valence-corrected chi connectivity index (χ1v) is 8.58. The predicted molar refractivity (Wildman–Crippen MR) is 98.9 cm³/mol. The van der Waals surface area contributed by atoms with E-state index < -0.39 is 6.09 Å². The number of nitrogens with one attached hydrogen (secondary N) is 1. The molecule has 0 radical (unpaired) electrons. The number of carbonyl (C=O) groups is 2. The van der Waals surface area contributed by atoms with Crippen molar-refractivity contribution in [3.05, 3.63) is 23.8 Å². The normalized spacial score (nSPS) is 18.1. The minimum Gasteiger partial charge on any atom is -0.446 e. The van der Waals surface area contributed by atoms with Crippen molar-refractivity contribution in [3.8, 4) is 0 Å². The van der Waals surface area contributed by atoms with Crippen LogP contribution in [0.25, 0.3) is 0 Å². The van der Waals surface area contributed by atoms with Gasteiger partial charge in [0, 0.05) is 26.1 Å². The lowest BCUT2D eigenvalue weighted by Crippen LogP contribution is -2.51. The van der Waals surface area contributed by atoms with E-state index in [2.05, 4.69) is 5.32 Å². The second-order valence-corrected chi connectivity index (χ2v) is 6.69. The molecule has 0 saturated carbocycles. The molecule has 0 saturated heterocycles. The summed E-state index contributed by atoms with van der Waals surface area (Å²) in [5, 5.41) is 3.05. The molecular formula is C18H28N4O3. The van der Waals surface area contributed by atoms with Crippen molar-refractivity contribution >= 4 is 23.4 Å². The van der Waals surface area contributed by atoms with Gasteiger partial charge in [-0.1, -0.05) is 6.07 Å². The van der Waals surface area contributed by atoms with E-state index in [0.717, 1.165) is 5.56 Å². The zero-order valence-corrected chi connectivity index (χ0v) is 15.6. The summed E-state index contributed by atoms with van der Waals surface area (Å²) in [4.78, 5) is 28.0. The van der Waals surface area contributed by atoms with E-state index in [9.17, 15) is 9.59 Å². The van der Waals surface area contributed by atoms with Crippen LogP contribution in [0.15, 0.2) is 18.2 Å². The van der Waals surface area contributed by atoms with Crippen LogP contribution in [0.4, 0.5) is 16.2 Å². The lowest BCUT2D eigenvalue weighted by Gasteiger charge is -2.40. The van der Waals surface area contributed by atoms with Crippen molar-refractivity contribution in [2.75, 3.05) is 29.9 Å². The summed E-state index contributed by atoms with van der Waals surface area (Å²) in [6, 6.07) is 5.29. The van der Waals surface area contributed by atoms with Crippen LogP contribution in [-0.4, -0.2) is 44.3 Å². The van der Waals surface area contributed by atoms with Gasteiger partial charge in [0.05, 0.1) is 23.5 Å². The first kappa shape index (κ1) is 19.2. The Kier molecular flexibility index (Phi) is 6.02. The van der Waals surface area contributed by atoms with Gasteiger partial charge in [-0.05, 0) is 45.5 Å². The molecule has 2 amide bonds. The molecule has 138 valence electrons. The van der Waals surface area contributed by atoms with Gasteiger partial charge in [0.15, 0.2) is 0 Å². The van der Waals surface area contributed by atoms with Gasteiger partial charge in [-0.2, -0.15) is 0 Å². The van der Waals surface area contributed by atoms with Crippen molar-refractivity contribution in [2.45, 2.75) is 45.9 Å². The average molecular weight is 348 g/mol. The summed E-state index contributed by atoms with van der Waals surface area (Å²) < 4.78 is 5.38. The highest BCUT2D eigenvalue weighted by molar-refractivity contribution is 6.02. The van der Waals surface area contributed by atoms with Crippen LogP contribution in [0.2, 0.25) is 0 Å². The van der Waals surface area contributed by atoms with E-state index in [4.69, 9.17) is 10.5 Å². The summed E-state index contributed by atoms with van der Waals surface area (Å²) in [6.07, 6.45) is -0.627. The number of hydrogen-bond acceptors (Lipinski definition) is 5.